The Bertz CT molecular complexity index is 171. The number of thioether (sulfide) groups is 1. The van der Waals surface area contributed by atoms with Crippen LogP contribution < -0.4 is 5.32 Å². The molecule has 0 amide bonds. The Balaban J connectivity index is 2.21. The molecule has 1 aliphatic rings. The van der Waals surface area contributed by atoms with Gasteiger partial charge in [-0.2, -0.15) is 11.8 Å². The SMILES string of the molecule is CCNC(CSCC(C)CO)C1CCCC1. The number of aliphatic hydroxyl groups excluding tert-OH is 1. The molecule has 2 atom stereocenters. The van der Waals surface area contributed by atoms with Crippen molar-refractivity contribution in [3.8, 4) is 0 Å². The van der Waals surface area contributed by atoms with Crippen LogP contribution in [0.2, 0.25) is 0 Å². The van der Waals surface area contributed by atoms with Crippen molar-refractivity contribution in [3.63, 3.8) is 0 Å². The van der Waals surface area contributed by atoms with Crippen LogP contribution in [0, 0.1) is 11.8 Å². The van der Waals surface area contributed by atoms with Gasteiger partial charge in [-0.05, 0) is 37.0 Å². The Morgan fingerprint density at radius 2 is 2.00 bits per heavy atom. The maximum atomic E-state index is 8.99. The second-order valence-corrected chi connectivity index (χ2v) is 6.11. The maximum Gasteiger partial charge on any atom is 0.0464 e. The summed E-state index contributed by atoms with van der Waals surface area (Å²) in [5.74, 6) is 3.64. The molecule has 0 heterocycles. The Labute approximate surface area is 105 Å². The topological polar surface area (TPSA) is 32.3 Å². The average molecular weight is 245 g/mol. The zero-order valence-corrected chi connectivity index (χ0v) is 11.6. The van der Waals surface area contributed by atoms with Crippen molar-refractivity contribution < 1.29 is 5.11 Å². The number of aliphatic hydroxyl groups is 1. The summed E-state index contributed by atoms with van der Waals surface area (Å²) in [4.78, 5) is 0. The van der Waals surface area contributed by atoms with Crippen LogP contribution in [0.1, 0.15) is 39.5 Å². The molecule has 2 N–H and O–H groups in total. The van der Waals surface area contributed by atoms with Gasteiger partial charge in [0.25, 0.3) is 0 Å². The minimum atomic E-state index is 0.322. The van der Waals surface area contributed by atoms with E-state index in [1.54, 1.807) is 0 Å². The molecule has 2 nitrogen and oxygen atoms in total. The van der Waals surface area contributed by atoms with Crippen LogP contribution >= 0.6 is 11.8 Å². The van der Waals surface area contributed by atoms with E-state index in [1.165, 1.54) is 31.4 Å². The second-order valence-electron chi connectivity index (χ2n) is 5.03. The third kappa shape index (κ3) is 5.07. The minimum Gasteiger partial charge on any atom is -0.396 e. The van der Waals surface area contributed by atoms with Gasteiger partial charge in [-0.25, -0.2) is 0 Å². The van der Waals surface area contributed by atoms with Gasteiger partial charge in [-0.15, -0.1) is 0 Å². The molecule has 0 aromatic carbocycles. The molecule has 0 aromatic heterocycles. The van der Waals surface area contributed by atoms with Crippen LogP contribution in [-0.4, -0.2) is 35.8 Å². The normalized spacial score (nSPS) is 21.2. The summed E-state index contributed by atoms with van der Waals surface area (Å²) >= 11 is 2.00. The molecule has 0 spiro atoms. The maximum absolute atomic E-state index is 8.99. The van der Waals surface area contributed by atoms with Gasteiger partial charge in [0, 0.05) is 18.4 Å². The van der Waals surface area contributed by atoms with Crippen molar-refractivity contribution >= 4 is 11.8 Å². The van der Waals surface area contributed by atoms with Crippen molar-refractivity contribution in [2.45, 2.75) is 45.6 Å². The van der Waals surface area contributed by atoms with Gasteiger partial charge in [0.1, 0.15) is 0 Å². The zero-order valence-electron chi connectivity index (χ0n) is 10.7. The Morgan fingerprint density at radius 1 is 1.31 bits per heavy atom. The van der Waals surface area contributed by atoms with Crippen LogP contribution in [-0.2, 0) is 0 Å². The number of rotatable bonds is 8. The van der Waals surface area contributed by atoms with Gasteiger partial charge < -0.3 is 10.4 Å². The summed E-state index contributed by atoms with van der Waals surface area (Å²) in [6.07, 6.45) is 5.66. The third-order valence-corrected chi connectivity index (χ3v) is 4.85. The largest absolute Gasteiger partial charge is 0.396 e. The third-order valence-electron chi connectivity index (χ3n) is 3.45. The van der Waals surface area contributed by atoms with Gasteiger partial charge in [0.15, 0.2) is 0 Å². The molecule has 0 radical (unpaired) electrons. The highest BCUT2D eigenvalue weighted by Crippen LogP contribution is 2.29. The molecular formula is C13H27NOS. The fourth-order valence-electron chi connectivity index (χ4n) is 2.43. The summed E-state index contributed by atoms with van der Waals surface area (Å²) in [6.45, 7) is 5.72. The zero-order chi connectivity index (χ0) is 11.8. The summed E-state index contributed by atoms with van der Waals surface area (Å²) in [7, 11) is 0. The molecule has 2 unspecified atom stereocenters. The van der Waals surface area contributed by atoms with E-state index in [2.05, 4.69) is 19.2 Å². The molecule has 1 rings (SSSR count). The van der Waals surface area contributed by atoms with E-state index >= 15 is 0 Å². The summed E-state index contributed by atoms with van der Waals surface area (Å²) in [5.41, 5.74) is 0. The highest BCUT2D eigenvalue weighted by Gasteiger charge is 2.24. The predicted octanol–water partition coefficient (Wildman–Crippen LogP) is 2.52. The fourth-order valence-corrected chi connectivity index (χ4v) is 3.72. The van der Waals surface area contributed by atoms with Crippen LogP contribution in [0.4, 0.5) is 0 Å². The van der Waals surface area contributed by atoms with Gasteiger partial charge in [0.2, 0.25) is 0 Å². The first kappa shape index (κ1) is 14.3. The highest BCUT2D eigenvalue weighted by atomic mass is 32.2. The fraction of sp³-hybridized carbons (Fsp3) is 1.00. The molecule has 0 aliphatic heterocycles. The Kier molecular flexibility index (Phi) is 7.50. The molecule has 0 aromatic rings. The number of nitrogens with one attached hydrogen (secondary N) is 1. The van der Waals surface area contributed by atoms with E-state index in [0.717, 1.165) is 18.2 Å². The van der Waals surface area contributed by atoms with Crippen LogP contribution in [0.5, 0.6) is 0 Å². The molecule has 1 saturated carbocycles. The lowest BCUT2D eigenvalue weighted by atomic mass is 10.00. The summed E-state index contributed by atoms with van der Waals surface area (Å²) in [6, 6.07) is 0.698. The molecule has 0 saturated heterocycles. The van der Waals surface area contributed by atoms with E-state index in [4.69, 9.17) is 5.11 Å². The van der Waals surface area contributed by atoms with Crippen molar-refractivity contribution in [2.24, 2.45) is 11.8 Å². The molecule has 1 fully saturated rings. The number of hydrogen-bond donors (Lipinski definition) is 2. The standard InChI is InChI=1S/C13H27NOS/c1-3-14-13(12-6-4-5-7-12)10-16-9-11(2)8-15/h11-15H,3-10H2,1-2H3. The number of hydrogen-bond acceptors (Lipinski definition) is 3. The van der Waals surface area contributed by atoms with E-state index in [9.17, 15) is 0 Å². The molecule has 3 heteroatoms. The first-order chi connectivity index (χ1) is 7.77. The second kappa shape index (κ2) is 8.37. The average Bonchev–Trinajstić information content (AvgIpc) is 2.81. The Hall–Kier alpha value is 0.270. The van der Waals surface area contributed by atoms with E-state index in [0.29, 0.717) is 18.6 Å². The molecular weight excluding hydrogens is 218 g/mol. The van der Waals surface area contributed by atoms with E-state index in [1.807, 2.05) is 11.8 Å². The van der Waals surface area contributed by atoms with Gasteiger partial charge in [-0.3, -0.25) is 0 Å². The van der Waals surface area contributed by atoms with Crippen LogP contribution in [0.25, 0.3) is 0 Å². The molecule has 1 aliphatic carbocycles. The van der Waals surface area contributed by atoms with Gasteiger partial charge in [0.05, 0.1) is 0 Å². The molecule has 96 valence electrons. The summed E-state index contributed by atoms with van der Waals surface area (Å²) in [5, 5.41) is 12.6. The lowest BCUT2D eigenvalue weighted by Gasteiger charge is -2.24. The van der Waals surface area contributed by atoms with Gasteiger partial charge in [-0.1, -0.05) is 26.7 Å². The smallest absolute Gasteiger partial charge is 0.0464 e. The van der Waals surface area contributed by atoms with E-state index in [-0.39, 0.29) is 0 Å². The van der Waals surface area contributed by atoms with Crippen LogP contribution in [0.15, 0.2) is 0 Å². The lowest BCUT2D eigenvalue weighted by molar-refractivity contribution is 0.250. The molecule has 0 bridgehead atoms. The lowest BCUT2D eigenvalue weighted by Crippen LogP contribution is -2.37. The van der Waals surface area contributed by atoms with Crippen molar-refractivity contribution in [1.82, 2.24) is 5.32 Å². The van der Waals surface area contributed by atoms with Crippen molar-refractivity contribution in [2.75, 3.05) is 24.7 Å². The summed E-state index contributed by atoms with van der Waals surface area (Å²) < 4.78 is 0. The monoisotopic (exact) mass is 245 g/mol. The first-order valence-electron chi connectivity index (χ1n) is 6.69. The first-order valence-corrected chi connectivity index (χ1v) is 7.85. The molecule has 16 heavy (non-hydrogen) atoms. The van der Waals surface area contributed by atoms with Gasteiger partial charge >= 0.3 is 0 Å². The minimum absolute atomic E-state index is 0.322. The quantitative estimate of drug-likeness (QED) is 0.689. The predicted molar refractivity (Wildman–Crippen MR) is 73.0 cm³/mol. The van der Waals surface area contributed by atoms with E-state index < -0.39 is 0 Å². The van der Waals surface area contributed by atoms with Crippen LogP contribution in [0.3, 0.4) is 0 Å². The van der Waals surface area contributed by atoms with Crippen molar-refractivity contribution in [1.29, 1.82) is 0 Å². The van der Waals surface area contributed by atoms with Crippen molar-refractivity contribution in [3.05, 3.63) is 0 Å². The Morgan fingerprint density at radius 3 is 2.56 bits per heavy atom. The highest BCUT2D eigenvalue weighted by molar-refractivity contribution is 7.99.